The van der Waals surface area contributed by atoms with E-state index in [1.54, 1.807) is 12.1 Å². The molecule has 4 aromatic carbocycles. The van der Waals surface area contributed by atoms with Crippen molar-refractivity contribution in [2.24, 2.45) is 0 Å². The van der Waals surface area contributed by atoms with Crippen molar-refractivity contribution >= 4 is 11.7 Å². The molecule has 6 rings (SSSR count). The second-order valence-corrected chi connectivity index (χ2v) is 9.88. The zero-order chi connectivity index (χ0) is 27.3. The molecule has 1 N–H and O–H groups in total. The Balaban J connectivity index is 1.21. The van der Waals surface area contributed by atoms with Crippen LogP contribution in [0.1, 0.15) is 5.56 Å². The second kappa shape index (κ2) is 11.6. The molecular formula is C33H30FN5O. The molecule has 1 saturated heterocycles. The molecule has 6 nitrogen and oxygen atoms in total. The summed E-state index contributed by atoms with van der Waals surface area (Å²) in [6.45, 7) is 3.28. The number of aromatic nitrogens is 2. The highest BCUT2D eigenvalue weighted by Gasteiger charge is 2.24. The Labute approximate surface area is 233 Å². The van der Waals surface area contributed by atoms with Gasteiger partial charge in [0.05, 0.1) is 17.6 Å². The van der Waals surface area contributed by atoms with Crippen molar-refractivity contribution in [2.75, 3.05) is 31.5 Å². The van der Waals surface area contributed by atoms with E-state index in [0.29, 0.717) is 25.2 Å². The summed E-state index contributed by atoms with van der Waals surface area (Å²) in [7, 11) is 0. The van der Waals surface area contributed by atoms with E-state index >= 15 is 4.39 Å². The monoisotopic (exact) mass is 531 g/mol. The van der Waals surface area contributed by atoms with Gasteiger partial charge in [-0.05, 0) is 47.5 Å². The summed E-state index contributed by atoms with van der Waals surface area (Å²) in [5, 5.41) is 7.67. The quantitative estimate of drug-likeness (QED) is 0.265. The van der Waals surface area contributed by atoms with Crippen LogP contribution in [0.5, 0.6) is 0 Å². The lowest BCUT2D eigenvalue weighted by Gasteiger charge is -2.34. The van der Waals surface area contributed by atoms with Crippen LogP contribution in [0.4, 0.5) is 14.9 Å². The Kier molecular flexibility index (Phi) is 7.37. The number of benzene rings is 4. The van der Waals surface area contributed by atoms with E-state index in [9.17, 15) is 4.79 Å². The Morgan fingerprint density at radius 1 is 0.750 bits per heavy atom. The molecule has 1 fully saturated rings. The number of urea groups is 1. The molecule has 0 atom stereocenters. The molecule has 1 aliphatic heterocycles. The first-order valence-electron chi connectivity index (χ1n) is 13.5. The molecule has 1 aromatic heterocycles. The molecule has 0 radical (unpaired) electrons. The normalized spacial score (nSPS) is 13.8. The van der Waals surface area contributed by atoms with Gasteiger partial charge >= 0.3 is 6.03 Å². The van der Waals surface area contributed by atoms with Crippen LogP contribution in [0.25, 0.3) is 28.1 Å². The van der Waals surface area contributed by atoms with Gasteiger partial charge in [0.1, 0.15) is 5.82 Å². The Morgan fingerprint density at radius 3 is 2.08 bits per heavy atom. The SMILES string of the molecule is O=C(Nc1ccccc1)N1CCN(Cc2cnn(-c3ccc(-c4ccccc4)cc3)c2-c2ccccc2F)CC1. The zero-order valence-corrected chi connectivity index (χ0v) is 22.1. The average molecular weight is 532 g/mol. The molecular weight excluding hydrogens is 501 g/mol. The summed E-state index contributed by atoms with van der Waals surface area (Å²) in [6, 6.07) is 34.6. The van der Waals surface area contributed by atoms with Gasteiger partial charge in [0.15, 0.2) is 0 Å². The Morgan fingerprint density at radius 2 is 1.38 bits per heavy atom. The first-order valence-corrected chi connectivity index (χ1v) is 13.5. The third kappa shape index (κ3) is 5.51. The van der Waals surface area contributed by atoms with E-state index in [1.807, 2.05) is 82.5 Å². The van der Waals surface area contributed by atoms with Crippen LogP contribution in [0.2, 0.25) is 0 Å². The fraction of sp³-hybridized carbons (Fsp3) is 0.152. The molecule has 2 heterocycles. The first-order chi connectivity index (χ1) is 19.7. The number of hydrogen-bond donors (Lipinski definition) is 1. The van der Waals surface area contributed by atoms with Gasteiger partial charge in [0.2, 0.25) is 0 Å². The smallest absolute Gasteiger partial charge is 0.321 e. The predicted octanol–water partition coefficient (Wildman–Crippen LogP) is 6.70. The van der Waals surface area contributed by atoms with Crippen molar-refractivity contribution in [1.29, 1.82) is 0 Å². The van der Waals surface area contributed by atoms with Crippen LogP contribution in [-0.4, -0.2) is 51.8 Å². The number of para-hydroxylation sites is 1. The minimum absolute atomic E-state index is 0.0929. The van der Waals surface area contributed by atoms with Crippen LogP contribution in [0.3, 0.4) is 0 Å². The molecule has 200 valence electrons. The summed E-state index contributed by atoms with van der Waals surface area (Å²) in [5.41, 5.74) is 6.11. The largest absolute Gasteiger partial charge is 0.322 e. The molecule has 5 aromatic rings. The topological polar surface area (TPSA) is 53.4 Å². The minimum atomic E-state index is -0.284. The molecule has 0 bridgehead atoms. The van der Waals surface area contributed by atoms with Crippen molar-refractivity contribution in [3.05, 3.63) is 127 Å². The van der Waals surface area contributed by atoms with Gasteiger partial charge in [-0.2, -0.15) is 5.10 Å². The third-order valence-electron chi connectivity index (χ3n) is 7.27. The molecule has 0 saturated carbocycles. The lowest BCUT2D eigenvalue weighted by Crippen LogP contribution is -2.49. The molecule has 0 spiro atoms. The maximum atomic E-state index is 15.1. The van der Waals surface area contributed by atoms with E-state index < -0.39 is 0 Å². The molecule has 7 heteroatoms. The number of halogens is 1. The summed E-state index contributed by atoms with van der Waals surface area (Å²) >= 11 is 0. The van der Waals surface area contributed by atoms with Gasteiger partial charge in [0, 0.05) is 49.5 Å². The van der Waals surface area contributed by atoms with Gasteiger partial charge in [0.25, 0.3) is 0 Å². The summed E-state index contributed by atoms with van der Waals surface area (Å²) < 4.78 is 16.9. The standard InChI is InChI=1S/C33H30FN5O/c34-31-14-8-7-13-30(31)32-27(23-35-39(32)29-17-15-26(16-18-29)25-9-3-1-4-10-25)24-37-19-21-38(22-20-37)33(40)36-28-11-5-2-6-12-28/h1-18,23H,19-22,24H2,(H,36,40). The van der Waals surface area contributed by atoms with E-state index in [-0.39, 0.29) is 11.8 Å². The number of carbonyl (C=O) groups excluding carboxylic acids is 1. The van der Waals surface area contributed by atoms with E-state index in [0.717, 1.165) is 46.8 Å². The number of anilines is 1. The highest BCUT2D eigenvalue weighted by molar-refractivity contribution is 5.89. The number of nitrogens with zero attached hydrogens (tertiary/aromatic N) is 4. The Hall–Kier alpha value is -4.75. The van der Waals surface area contributed by atoms with Crippen LogP contribution in [0.15, 0.2) is 115 Å². The van der Waals surface area contributed by atoms with Crippen LogP contribution >= 0.6 is 0 Å². The van der Waals surface area contributed by atoms with Crippen molar-refractivity contribution in [3.63, 3.8) is 0 Å². The van der Waals surface area contributed by atoms with E-state index in [4.69, 9.17) is 5.10 Å². The van der Waals surface area contributed by atoms with Crippen LogP contribution < -0.4 is 5.32 Å². The van der Waals surface area contributed by atoms with E-state index in [1.165, 1.54) is 6.07 Å². The fourth-order valence-electron chi connectivity index (χ4n) is 5.13. The lowest BCUT2D eigenvalue weighted by atomic mass is 10.0. The number of nitrogens with one attached hydrogen (secondary N) is 1. The molecule has 0 unspecified atom stereocenters. The summed E-state index contributed by atoms with van der Waals surface area (Å²) in [5.74, 6) is -0.284. The highest BCUT2D eigenvalue weighted by Crippen LogP contribution is 2.31. The molecule has 0 aliphatic carbocycles. The highest BCUT2D eigenvalue weighted by atomic mass is 19.1. The minimum Gasteiger partial charge on any atom is -0.322 e. The van der Waals surface area contributed by atoms with Gasteiger partial charge in [-0.1, -0.05) is 72.8 Å². The van der Waals surface area contributed by atoms with Crippen molar-refractivity contribution in [1.82, 2.24) is 19.6 Å². The first kappa shape index (κ1) is 25.5. The van der Waals surface area contributed by atoms with Gasteiger partial charge in [-0.15, -0.1) is 0 Å². The van der Waals surface area contributed by atoms with Gasteiger partial charge in [-0.25, -0.2) is 13.9 Å². The number of piperazine rings is 1. The molecule has 1 aliphatic rings. The Bertz CT molecular complexity index is 1580. The van der Waals surface area contributed by atoms with Crippen molar-refractivity contribution in [3.8, 4) is 28.1 Å². The summed E-state index contributed by atoms with van der Waals surface area (Å²) in [4.78, 5) is 16.8. The lowest BCUT2D eigenvalue weighted by molar-refractivity contribution is 0.143. The fourth-order valence-corrected chi connectivity index (χ4v) is 5.13. The average Bonchev–Trinajstić information content (AvgIpc) is 3.42. The second-order valence-electron chi connectivity index (χ2n) is 9.88. The molecule has 40 heavy (non-hydrogen) atoms. The predicted molar refractivity (Wildman–Crippen MR) is 157 cm³/mol. The van der Waals surface area contributed by atoms with Crippen LogP contribution in [-0.2, 0) is 6.54 Å². The number of carbonyl (C=O) groups is 1. The van der Waals surface area contributed by atoms with Gasteiger partial charge in [-0.3, -0.25) is 4.90 Å². The van der Waals surface area contributed by atoms with Crippen molar-refractivity contribution < 1.29 is 9.18 Å². The third-order valence-corrected chi connectivity index (χ3v) is 7.27. The van der Waals surface area contributed by atoms with Gasteiger partial charge < -0.3 is 10.2 Å². The zero-order valence-electron chi connectivity index (χ0n) is 22.1. The number of hydrogen-bond acceptors (Lipinski definition) is 3. The van der Waals surface area contributed by atoms with E-state index in [2.05, 4.69) is 34.5 Å². The number of amides is 2. The van der Waals surface area contributed by atoms with Crippen LogP contribution in [0, 0.1) is 5.82 Å². The maximum Gasteiger partial charge on any atom is 0.321 e. The summed E-state index contributed by atoms with van der Waals surface area (Å²) in [6.07, 6.45) is 1.83. The maximum absolute atomic E-state index is 15.1. The molecule has 2 amide bonds. The number of rotatable bonds is 6. The van der Waals surface area contributed by atoms with Crippen molar-refractivity contribution in [2.45, 2.75) is 6.54 Å².